The monoisotopic (exact) mass is 316 g/mol. The van der Waals surface area contributed by atoms with E-state index in [2.05, 4.69) is 10.4 Å². The van der Waals surface area contributed by atoms with Crippen LogP contribution in [-0.2, 0) is 14.1 Å². The standard InChI is InChI=1S/C16H17ClN4O/c1-9-15(10(2)21(4)19-9)18-16(22)14-8-11-12(17)6-5-7-13(11)20(14)3/h5-8H,1-4H3,(H,18,22). The number of halogens is 1. The summed E-state index contributed by atoms with van der Waals surface area (Å²) in [5.41, 5.74) is 3.96. The van der Waals surface area contributed by atoms with E-state index in [4.69, 9.17) is 11.6 Å². The van der Waals surface area contributed by atoms with Gasteiger partial charge in [0.1, 0.15) is 5.69 Å². The molecule has 22 heavy (non-hydrogen) atoms. The Kier molecular flexibility index (Phi) is 3.45. The normalized spacial score (nSPS) is 11.1. The highest BCUT2D eigenvalue weighted by Crippen LogP contribution is 2.27. The molecule has 2 heterocycles. The molecule has 0 aliphatic carbocycles. The Hall–Kier alpha value is -2.27. The maximum atomic E-state index is 12.6. The lowest BCUT2D eigenvalue weighted by Gasteiger charge is -2.07. The molecule has 0 bridgehead atoms. The minimum Gasteiger partial charge on any atom is -0.340 e. The number of aryl methyl sites for hydroxylation is 3. The zero-order chi connectivity index (χ0) is 16.0. The first-order valence-electron chi connectivity index (χ1n) is 6.95. The van der Waals surface area contributed by atoms with E-state index < -0.39 is 0 Å². The van der Waals surface area contributed by atoms with Gasteiger partial charge >= 0.3 is 0 Å². The molecule has 2 aromatic heterocycles. The fourth-order valence-electron chi connectivity index (χ4n) is 2.67. The lowest BCUT2D eigenvalue weighted by Crippen LogP contribution is -2.16. The topological polar surface area (TPSA) is 51.9 Å². The fourth-order valence-corrected chi connectivity index (χ4v) is 2.90. The van der Waals surface area contributed by atoms with Crippen molar-refractivity contribution in [3.8, 4) is 0 Å². The molecule has 3 aromatic rings. The third-order valence-electron chi connectivity index (χ3n) is 4.01. The molecule has 1 amide bonds. The quantitative estimate of drug-likeness (QED) is 0.787. The smallest absolute Gasteiger partial charge is 0.272 e. The van der Waals surface area contributed by atoms with Gasteiger partial charge in [0, 0.05) is 30.0 Å². The highest BCUT2D eigenvalue weighted by atomic mass is 35.5. The molecule has 0 spiro atoms. The van der Waals surface area contributed by atoms with Crippen LogP contribution in [-0.4, -0.2) is 20.3 Å². The van der Waals surface area contributed by atoms with Gasteiger partial charge in [0.25, 0.3) is 5.91 Å². The average Bonchev–Trinajstić information content (AvgIpc) is 2.93. The maximum absolute atomic E-state index is 12.6. The number of anilines is 1. The predicted octanol–water partition coefficient (Wildman–Crippen LogP) is 3.43. The Morgan fingerprint density at radius 2 is 2.00 bits per heavy atom. The molecule has 0 unspecified atom stereocenters. The Labute approximate surface area is 133 Å². The Bertz CT molecular complexity index is 891. The number of aromatic nitrogens is 3. The molecule has 0 atom stereocenters. The van der Waals surface area contributed by atoms with Gasteiger partial charge in [0.05, 0.1) is 17.1 Å². The molecule has 0 aliphatic rings. The minimum atomic E-state index is -0.172. The molecular weight excluding hydrogens is 300 g/mol. The molecule has 0 fully saturated rings. The third kappa shape index (κ3) is 2.18. The Morgan fingerprint density at radius 1 is 1.27 bits per heavy atom. The second-order valence-electron chi connectivity index (χ2n) is 5.38. The summed E-state index contributed by atoms with van der Waals surface area (Å²) in [6.45, 7) is 3.80. The summed E-state index contributed by atoms with van der Waals surface area (Å²) < 4.78 is 3.60. The van der Waals surface area contributed by atoms with Gasteiger partial charge in [0.2, 0.25) is 0 Å². The molecular formula is C16H17ClN4O. The number of amides is 1. The number of fused-ring (bicyclic) bond motifs is 1. The highest BCUT2D eigenvalue weighted by Gasteiger charge is 2.18. The Balaban J connectivity index is 2.03. The van der Waals surface area contributed by atoms with Crippen LogP contribution in [0.1, 0.15) is 21.9 Å². The van der Waals surface area contributed by atoms with Crippen molar-refractivity contribution >= 4 is 34.1 Å². The fraction of sp³-hybridized carbons (Fsp3) is 0.250. The van der Waals surface area contributed by atoms with Crippen molar-refractivity contribution in [3.05, 3.63) is 46.4 Å². The van der Waals surface area contributed by atoms with E-state index in [9.17, 15) is 4.79 Å². The van der Waals surface area contributed by atoms with E-state index in [-0.39, 0.29) is 5.91 Å². The van der Waals surface area contributed by atoms with E-state index in [1.807, 2.05) is 56.8 Å². The molecule has 6 heteroatoms. The molecule has 0 aliphatic heterocycles. The zero-order valence-corrected chi connectivity index (χ0v) is 13.7. The summed E-state index contributed by atoms with van der Waals surface area (Å²) in [4.78, 5) is 12.6. The second-order valence-corrected chi connectivity index (χ2v) is 5.79. The van der Waals surface area contributed by atoms with Crippen molar-refractivity contribution in [2.75, 3.05) is 5.32 Å². The second kappa shape index (κ2) is 5.18. The summed E-state index contributed by atoms with van der Waals surface area (Å²) in [6.07, 6.45) is 0. The number of rotatable bonds is 2. The number of carbonyl (C=O) groups excluding carboxylic acids is 1. The lowest BCUT2D eigenvalue weighted by molar-refractivity contribution is 0.101. The van der Waals surface area contributed by atoms with E-state index in [1.165, 1.54) is 0 Å². The van der Waals surface area contributed by atoms with Crippen LogP contribution >= 0.6 is 11.6 Å². The predicted molar refractivity (Wildman–Crippen MR) is 88.6 cm³/mol. The van der Waals surface area contributed by atoms with Crippen molar-refractivity contribution in [2.24, 2.45) is 14.1 Å². The van der Waals surface area contributed by atoms with Crippen molar-refractivity contribution in [2.45, 2.75) is 13.8 Å². The molecule has 1 N–H and O–H groups in total. The SMILES string of the molecule is Cc1nn(C)c(C)c1NC(=O)c1cc2c(Cl)cccc2n1C. The first-order valence-corrected chi connectivity index (χ1v) is 7.33. The number of hydrogen-bond acceptors (Lipinski definition) is 2. The minimum absolute atomic E-state index is 0.172. The van der Waals surface area contributed by atoms with Gasteiger partial charge in [-0.25, -0.2) is 0 Å². The van der Waals surface area contributed by atoms with Crippen molar-refractivity contribution in [1.82, 2.24) is 14.3 Å². The highest BCUT2D eigenvalue weighted by molar-refractivity contribution is 6.35. The van der Waals surface area contributed by atoms with Crippen LogP contribution < -0.4 is 5.32 Å². The number of benzene rings is 1. The third-order valence-corrected chi connectivity index (χ3v) is 4.34. The molecule has 114 valence electrons. The van der Waals surface area contributed by atoms with Crippen LogP contribution in [0.3, 0.4) is 0 Å². The number of nitrogens with zero attached hydrogens (tertiary/aromatic N) is 3. The molecule has 0 saturated heterocycles. The van der Waals surface area contributed by atoms with Gasteiger partial charge in [-0.2, -0.15) is 5.10 Å². The van der Waals surface area contributed by atoms with Crippen molar-refractivity contribution in [3.63, 3.8) is 0 Å². The summed E-state index contributed by atoms with van der Waals surface area (Å²) in [5.74, 6) is -0.172. The van der Waals surface area contributed by atoms with Crippen LogP contribution in [0.15, 0.2) is 24.3 Å². The van der Waals surface area contributed by atoms with Gasteiger partial charge in [-0.1, -0.05) is 17.7 Å². The van der Waals surface area contributed by atoms with Crippen molar-refractivity contribution in [1.29, 1.82) is 0 Å². The van der Waals surface area contributed by atoms with Crippen LogP contribution in [0, 0.1) is 13.8 Å². The maximum Gasteiger partial charge on any atom is 0.272 e. The van der Waals surface area contributed by atoms with Gasteiger partial charge < -0.3 is 9.88 Å². The van der Waals surface area contributed by atoms with Gasteiger partial charge in [-0.3, -0.25) is 9.48 Å². The van der Waals surface area contributed by atoms with E-state index in [0.29, 0.717) is 10.7 Å². The summed E-state index contributed by atoms with van der Waals surface area (Å²) in [6, 6.07) is 7.45. The largest absolute Gasteiger partial charge is 0.340 e. The zero-order valence-electron chi connectivity index (χ0n) is 12.9. The summed E-state index contributed by atoms with van der Waals surface area (Å²) >= 11 is 6.20. The van der Waals surface area contributed by atoms with E-state index >= 15 is 0 Å². The van der Waals surface area contributed by atoms with E-state index in [0.717, 1.165) is 28.0 Å². The van der Waals surface area contributed by atoms with Crippen molar-refractivity contribution < 1.29 is 4.79 Å². The molecule has 3 rings (SSSR count). The molecule has 0 radical (unpaired) electrons. The number of nitrogens with one attached hydrogen (secondary N) is 1. The van der Waals surface area contributed by atoms with Crippen LogP contribution in [0.2, 0.25) is 5.02 Å². The molecule has 5 nitrogen and oxygen atoms in total. The number of hydrogen-bond donors (Lipinski definition) is 1. The molecule has 0 saturated carbocycles. The first-order chi connectivity index (χ1) is 10.4. The van der Waals surface area contributed by atoms with Gasteiger partial charge in [-0.05, 0) is 32.0 Å². The molecule has 1 aromatic carbocycles. The average molecular weight is 317 g/mol. The van der Waals surface area contributed by atoms with Crippen LogP contribution in [0.25, 0.3) is 10.9 Å². The summed E-state index contributed by atoms with van der Waals surface area (Å²) in [5, 5.41) is 8.77. The van der Waals surface area contributed by atoms with Gasteiger partial charge in [-0.15, -0.1) is 0 Å². The summed E-state index contributed by atoms with van der Waals surface area (Å²) in [7, 11) is 3.71. The van der Waals surface area contributed by atoms with E-state index in [1.54, 1.807) is 4.68 Å². The van der Waals surface area contributed by atoms with Crippen LogP contribution in [0.5, 0.6) is 0 Å². The van der Waals surface area contributed by atoms with Gasteiger partial charge in [0.15, 0.2) is 0 Å². The number of carbonyl (C=O) groups is 1. The lowest BCUT2D eigenvalue weighted by atomic mass is 10.2. The Morgan fingerprint density at radius 3 is 2.59 bits per heavy atom. The first kappa shape index (κ1) is 14.7. The van der Waals surface area contributed by atoms with Crippen LogP contribution in [0.4, 0.5) is 5.69 Å².